The fourth-order valence-electron chi connectivity index (χ4n) is 1.76. The lowest BCUT2D eigenvalue weighted by Gasteiger charge is -2.11. The molecule has 0 aliphatic carbocycles. The van der Waals surface area contributed by atoms with E-state index < -0.39 is 5.91 Å². The fourth-order valence-corrected chi connectivity index (χ4v) is 2.11. The first-order valence-electron chi connectivity index (χ1n) is 5.89. The second-order valence-electron chi connectivity index (χ2n) is 4.10. The number of halogens is 2. The first-order valence-corrected chi connectivity index (χ1v) is 6.65. The third kappa shape index (κ3) is 3.46. The molecular formula is C15H10Cl2N2O2. The van der Waals surface area contributed by atoms with E-state index in [9.17, 15) is 4.79 Å². The molecule has 21 heavy (non-hydrogen) atoms. The highest BCUT2D eigenvalue weighted by Crippen LogP contribution is 2.25. The van der Waals surface area contributed by atoms with Gasteiger partial charge in [0.2, 0.25) is 0 Å². The molecular weight excluding hydrogens is 311 g/mol. The molecule has 0 bridgehead atoms. The van der Waals surface area contributed by atoms with Crippen LogP contribution in [-0.4, -0.2) is 13.0 Å². The van der Waals surface area contributed by atoms with Gasteiger partial charge in [-0.2, -0.15) is 5.26 Å². The Labute approximate surface area is 131 Å². The van der Waals surface area contributed by atoms with Gasteiger partial charge in [-0.3, -0.25) is 4.79 Å². The first-order chi connectivity index (χ1) is 10.0. The standard InChI is InChI=1S/C15H10Cl2N2O2/c1-21-14-5-4-10(16)6-12(14)15(20)19-13-7-11(17)3-2-9(13)8-18/h2-7H,1H3,(H,19,20). The summed E-state index contributed by atoms with van der Waals surface area (Å²) in [5, 5.41) is 12.5. The van der Waals surface area contributed by atoms with E-state index >= 15 is 0 Å². The molecule has 0 aliphatic heterocycles. The van der Waals surface area contributed by atoms with Gasteiger partial charge in [0.05, 0.1) is 23.9 Å². The summed E-state index contributed by atoms with van der Waals surface area (Å²) in [5.41, 5.74) is 0.916. The number of hydrogen-bond acceptors (Lipinski definition) is 3. The molecule has 0 fully saturated rings. The minimum absolute atomic E-state index is 0.272. The third-order valence-electron chi connectivity index (χ3n) is 2.76. The lowest BCUT2D eigenvalue weighted by Crippen LogP contribution is -2.14. The van der Waals surface area contributed by atoms with Crippen LogP contribution in [0.1, 0.15) is 15.9 Å². The summed E-state index contributed by atoms with van der Waals surface area (Å²) in [7, 11) is 1.46. The van der Waals surface area contributed by atoms with Crippen LogP contribution in [0.4, 0.5) is 5.69 Å². The minimum atomic E-state index is -0.437. The van der Waals surface area contributed by atoms with Gasteiger partial charge in [-0.05, 0) is 36.4 Å². The van der Waals surface area contributed by atoms with Crippen LogP contribution < -0.4 is 10.1 Å². The number of anilines is 1. The van der Waals surface area contributed by atoms with Crippen molar-refractivity contribution in [3.63, 3.8) is 0 Å². The maximum absolute atomic E-state index is 12.3. The monoisotopic (exact) mass is 320 g/mol. The Morgan fingerprint density at radius 1 is 1.19 bits per heavy atom. The van der Waals surface area contributed by atoms with Crippen LogP contribution >= 0.6 is 23.2 Å². The van der Waals surface area contributed by atoms with Crippen molar-refractivity contribution in [3.05, 3.63) is 57.6 Å². The van der Waals surface area contributed by atoms with Gasteiger partial charge < -0.3 is 10.1 Å². The van der Waals surface area contributed by atoms with E-state index in [4.69, 9.17) is 33.2 Å². The van der Waals surface area contributed by atoms with Crippen LogP contribution in [0.25, 0.3) is 0 Å². The number of carbonyl (C=O) groups is 1. The molecule has 0 aromatic heterocycles. The molecule has 0 saturated heterocycles. The number of amides is 1. The van der Waals surface area contributed by atoms with Crippen molar-refractivity contribution in [2.24, 2.45) is 0 Å². The van der Waals surface area contributed by atoms with E-state index in [1.807, 2.05) is 6.07 Å². The molecule has 0 heterocycles. The SMILES string of the molecule is COc1ccc(Cl)cc1C(=O)Nc1cc(Cl)ccc1C#N. The molecule has 4 nitrogen and oxygen atoms in total. The highest BCUT2D eigenvalue weighted by molar-refractivity contribution is 6.31. The van der Waals surface area contributed by atoms with Crippen molar-refractivity contribution >= 4 is 34.8 Å². The smallest absolute Gasteiger partial charge is 0.259 e. The van der Waals surface area contributed by atoms with E-state index in [1.54, 1.807) is 18.2 Å². The van der Waals surface area contributed by atoms with Crippen LogP contribution in [0.2, 0.25) is 10.0 Å². The van der Waals surface area contributed by atoms with Crippen LogP contribution in [0, 0.1) is 11.3 Å². The summed E-state index contributed by atoms with van der Waals surface area (Å²) in [5.74, 6) is -0.0504. The van der Waals surface area contributed by atoms with Gasteiger partial charge >= 0.3 is 0 Å². The first kappa shape index (κ1) is 15.2. The van der Waals surface area contributed by atoms with Gasteiger partial charge in [-0.25, -0.2) is 0 Å². The number of ether oxygens (including phenoxy) is 1. The van der Waals surface area contributed by atoms with Crippen LogP contribution in [0.3, 0.4) is 0 Å². The number of rotatable bonds is 3. The lowest BCUT2D eigenvalue weighted by molar-refractivity contribution is 0.102. The van der Waals surface area contributed by atoms with Crippen LogP contribution in [0.15, 0.2) is 36.4 Å². The van der Waals surface area contributed by atoms with Gasteiger partial charge in [0.1, 0.15) is 11.8 Å². The number of hydrogen-bond donors (Lipinski definition) is 1. The maximum Gasteiger partial charge on any atom is 0.259 e. The topological polar surface area (TPSA) is 62.1 Å². The van der Waals surface area contributed by atoms with Gasteiger partial charge in [0.15, 0.2) is 0 Å². The normalized spacial score (nSPS) is 9.81. The van der Waals surface area contributed by atoms with Gasteiger partial charge in [0, 0.05) is 10.0 Å². The molecule has 2 aromatic rings. The molecule has 1 N–H and O–H groups in total. The highest BCUT2D eigenvalue weighted by Gasteiger charge is 2.15. The molecule has 0 atom stereocenters. The molecule has 0 radical (unpaired) electrons. The zero-order valence-corrected chi connectivity index (χ0v) is 12.5. The van der Waals surface area contributed by atoms with Crippen molar-refractivity contribution in [1.82, 2.24) is 0 Å². The summed E-state index contributed by atoms with van der Waals surface area (Å²) in [6.45, 7) is 0. The Balaban J connectivity index is 2.37. The average molecular weight is 321 g/mol. The van der Waals surface area contributed by atoms with Crippen LogP contribution in [0.5, 0.6) is 5.75 Å². The molecule has 0 saturated carbocycles. The third-order valence-corrected chi connectivity index (χ3v) is 3.23. The Hall–Kier alpha value is -2.22. The predicted octanol–water partition coefficient (Wildman–Crippen LogP) is 4.13. The predicted molar refractivity (Wildman–Crippen MR) is 82.1 cm³/mol. The van der Waals surface area contributed by atoms with Crippen molar-refractivity contribution in [2.75, 3.05) is 12.4 Å². The minimum Gasteiger partial charge on any atom is -0.496 e. The molecule has 1 amide bonds. The number of methoxy groups -OCH3 is 1. The van der Waals surface area contributed by atoms with E-state index in [-0.39, 0.29) is 5.56 Å². The van der Waals surface area contributed by atoms with E-state index in [0.29, 0.717) is 27.0 Å². The van der Waals surface area contributed by atoms with Gasteiger partial charge in [-0.1, -0.05) is 23.2 Å². The molecule has 0 aliphatic rings. The van der Waals surface area contributed by atoms with Crippen molar-refractivity contribution in [1.29, 1.82) is 5.26 Å². The Morgan fingerprint density at radius 2 is 1.86 bits per heavy atom. The number of nitrogens with one attached hydrogen (secondary N) is 1. The largest absolute Gasteiger partial charge is 0.496 e. The van der Waals surface area contributed by atoms with Gasteiger partial charge in [0.25, 0.3) is 5.91 Å². The Kier molecular flexibility index (Phi) is 4.69. The van der Waals surface area contributed by atoms with E-state index in [1.165, 1.54) is 25.3 Å². The molecule has 2 aromatic carbocycles. The molecule has 2 rings (SSSR count). The maximum atomic E-state index is 12.3. The van der Waals surface area contributed by atoms with E-state index in [0.717, 1.165) is 0 Å². The van der Waals surface area contributed by atoms with Crippen molar-refractivity contribution < 1.29 is 9.53 Å². The summed E-state index contributed by atoms with van der Waals surface area (Å²) in [6.07, 6.45) is 0. The van der Waals surface area contributed by atoms with Crippen LogP contribution in [-0.2, 0) is 0 Å². The summed E-state index contributed by atoms with van der Waals surface area (Å²) in [4.78, 5) is 12.3. The number of nitrogens with zero attached hydrogens (tertiary/aromatic N) is 1. The van der Waals surface area contributed by atoms with Crippen molar-refractivity contribution in [3.8, 4) is 11.8 Å². The number of benzene rings is 2. The second-order valence-corrected chi connectivity index (χ2v) is 4.97. The average Bonchev–Trinajstić information content (AvgIpc) is 2.47. The van der Waals surface area contributed by atoms with E-state index in [2.05, 4.69) is 5.32 Å². The number of carbonyl (C=O) groups excluding carboxylic acids is 1. The summed E-state index contributed by atoms with van der Waals surface area (Å²) in [6, 6.07) is 11.3. The zero-order chi connectivity index (χ0) is 15.4. The Morgan fingerprint density at radius 3 is 2.52 bits per heavy atom. The summed E-state index contributed by atoms with van der Waals surface area (Å²) < 4.78 is 5.13. The molecule has 6 heteroatoms. The zero-order valence-electron chi connectivity index (χ0n) is 11.0. The van der Waals surface area contributed by atoms with Crippen molar-refractivity contribution in [2.45, 2.75) is 0 Å². The second kappa shape index (κ2) is 6.49. The highest BCUT2D eigenvalue weighted by atomic mass is 35.5. The molecule has 0 unspecified atom stereocenters. The Bertz CT molecular complexity index is 739. The van der Waals surface area contributed by atoms with Gasteiger partial charge in [-0.15, -0.1) is 0 Å². The fraction of sp³-hybridized carbons (Fsp3) is 0.0667. The molecule has 0 spiro atoms. The molecule has 106 valence electrons. The lowest BCUT2D eigenvalue weighted by atomic mass is 10.1. The summed E-state index contributed by atoms with van der Waals surface area (Å²) >= 11 is 11.8. The number of nitriles is 1. The quantitative estimate of drug-likeness (QED) is 0.925.